The van der Waals surface area contributed by atoms with E-state index in [-0.39, 0.29) is 159 Å². The molecule has 1 amide bonds. The van der Waals surface area contributed by atoms with E-state index >= 15 is 26.3 Å². The van der Waals surface area contributed by atoms with Gasteiger partial charge in [0.15, 0.2) is 11.6 Å². The molecule has 5 aromatic heterocycles. The second-order valence-corrected chi connectivity index (χ2v) is 27.3. The molecule has 5 N–H and O–H groups in total. The third-order valence-corrected chi connectivity index (χ3v) is 21.1. The van der Waals surface area contributed by atoms with Crippen molar-refractivity contribution in [1.29, 1.82) is 0 Å². The fourth-order valence-electron chi connectivity index (χ4n) is 16.1. The summed E-state index contributed by atoms with van der Waals surface area (Å²) in [6.45, 7) is 3.12. The second-order valence-electron chi connectivity index (χ2n) is 26.5. The number of nitrogens with zero attached hydrogens (tertiary/aromatic N) is 14. The molecule has 0 aliphatic carbocycles. The number of phenolic OH excluding ortho intramolecular Hbond substituents is 2. The number of hydrogen-bond acceptors (Lipinski definition) is 19. The molecule has 9 aromatic rings. The standard InChI is InChI=1S/C67H64Cl2F6N16O5/c1-85(2)63(94)48-17-36-29-86(11-4-14-90(36)83-48)61-45-26-78-58(56(75)60(45)79-64(81-61)95-31-66-9-3-13-88(66)27-34(70)23-66)43-21-39(93)19-41-40(22-47(73)54(69)52(41)43)49-8-10-67(24-35(71)28-89(49)67)32-96-65-80-59-44(62(82-65)87-12-5-15-91-37(30-87)18-50(76)84-91)25-77-57(55(59)74)42-20-38(92)16-33-6-7-46(72)53(68)51(33)42/h6-7,16-22,25-26,34-35,48-49,83,92-93H,3-5,8-15,23-24,27-32H2,1-2H3,(H2,76,84)/t34-,35-,48?,49?,66+,67+/m1/s1. The summed E-state index contributed by atoms with van der Waals surface area (Å²) in [6, 6.07) is 9.02. The van der Waals surface area contributed by atoms with E-state index in [0.29, 0.717) is 81.6 Å². The van der Waals surface area contributed by atoms with E-state index < -0.39 is 63.8 Å². The maximum Gasteiger partial charge on any atom is 0.319 e. The lowest BCUT2D eigenvalue weighted by Crippen LogP contribution is -2.45. The fraction of sp³-hybridized carbons (Fsp3) is 0.403. The Morgan fingerprint density at radius 1 is 0.719 bits per heavy atom. The van der Waals surface area contributed by atoms with E-state index in [1.807, 2.05) is 25.8 Å². The lowest BCUT2D eigenvalue weighted by Gasteiger charge is -2.35. The molecular formula is C67H64Cl2F6N16O5. The van der Waals surface area contributed by atoms with E-state index in [1.165, 1.54) is 53.7 Å². The highest BCUT2D eigenvalue weighted by Crippen LogP contribution is 2.53. The molecule has 0 radical (unpaired) electrons. The van der Waals surface area contributed by atoms with Gasteiger partial charge in [0.2, 0.25) is 5.91 Å². The second kappa shape index (κ2) is 23.5. The minimum absolute atomic E-state index is 0.00372. The van der Waals surface area contributed by atoms with Crippen LogP contribution >= 0.6 is 23.2 Å². The number of hydrazine groups is 1. The molecule has 498 valence electrons. The van der Waals surface area contributed by atoms with Gasteiger partial charge in [-0.25, -0.2) is 31.8 Å². The number of nitrogens with two attached hydrogens (primary N) is 1. The zero-order valence-electron chi connectivity index (χ0n) is 52.1. The molecule has 0 spiro atoms. The number of halogens is 8. The highest BCUT2D eigenvalue weighted by Gasteiger charge is 2.55. The maximum absolute atomic E-state index is 18.2. The van der Waals surface area contributed by atoms with Crippen molar-refractivity contribution in [1.82, 2.24) is 64.8 Å². The smallest absolute Gasteiger partial charge is 0.319 e. The predicted octanol–water partition coefficient (Wildman–Crippen LogP) is 10.5. The van der Waals surface area contributed by atoms with Crippen molar-refractivity contribution >= 4 is 89.9 Å². The molecule has 29 heteroatoms. The number of likely N-dealkylation sites (N-methyl/N-ethyl adjacent to an activating group) is 1. The van der Waals surface area contributed by atoms with Crippen LogP contribution in [-0.2, 0) is 17.9 Å². The van der Waals surface area contributed by atoms with Gasteiger partial charge in [0, 0.05) is 118 Å². The number of fused-ring (bicyclic) bond motifs is 8. The first-order valence-corrected chi connectivity index (χ1v) is 32.8. The molecule has 21 nitrogen and oxygen atoms in total. The average Bonchev–Trinajstić information content (AvgIpc) is 1.35. The number of alkyl halides is 2. The molecule has 16 rings (SSSR count). The Hall–Kier alpha value is -8.76. The van der Waals surface area contributed by atoms with Gasteiger partial charge in [0.1, 0.15) is 94.6 Å². The number of nitrogen functional groups attached to an aromatic ring is 1. The van der Waals surface area contributed by atoms with Crippen molar-refractivity contribution in [2.24, 2.45) is 0 Å². The number of phenols is 2. The molecule has 6 atom stereocenters. The summed E-state index contributed by atoms with van der Waals surface area (Å²) in [6.07, 6.45) is 5.80. The number of aromatic hydroxyl groups is 2. The third-order valence-electron chi connectivity index (χ3n) is 20.4. The number of rotatable bonds is 12. The quantitative estimate of drug-likeness (QED) is 0.0834. The molecule has 2 unspecified atom stereocenters. The van der Waals surface area contributed by atoms with Crippen LogP contribution in [0.15, 0.2) is 72.7 Å². The highest BCUT2D eigenvalue weighted by atomic mass is 35.5. The van der Waals surface area contributed by atoms with Gasteiger partial charge in [0.05, 0.1) is 50.7 Å². The molecule has 7 aliphatic rings. The number of aromatic nitrogens is 8. The normalized spacial score (nSPS) is 23.6. The Balaban J connectivity index is 0.762. The molecule has 5 saturated heterocycles. The number of pyridine rings is 2. The number of ether oxygens (including phenoxy) is 2. The van der Waals surface area contributed by atoms with Gasteiger partial charge in [-0.15, -0.1) is 0 Å². The Bertz CT molecular complexity index is 4770. The number of amides is 1. The van der Waals surface area contributed by atoms with Gasteiger partial charge in [-0.3, -0.25) is 29.2 Å². The highest BCUT2D eigenvalue weighted by molar-refractivity contribution is 6.37. The first-order chi connectivity index (χ1) is 46.2. The number of hydrogen-bond donors (Lipinski definition) is 4. The third kappa shape index (κ3) is 10.4. The zero-order valence-corrected chi connectivity index (χ0v) is 53.6. The van der Waals surface area contributed by atoms with Crippen LogP contribution < -0.4 is 30.4 Å². The number of nitrogens with one attached hydrogen (secondary N) is 1. The summed E-state index contributed by atoms with van der Waals surface area (Å²) in [7, 11) is 3.36. The van der Waals surface area contributed by atoms with E-state index in [0.717, 1.165) is 23.9 Å². The minimum atomic E-state index is -1.40. The van der Waals surface area contributed by atoms with Crippen LogP contribution in [0.3, 0.4) is 0 Å². The van der Waals surface area contributed by atoms with Crippen LogP contribution in [0.1, 0.15) is 68.7 Å². The molecule has 0 bridgehead atoms. The monoisotopic (exact) mass is 1360 g/mol. The zero-order chi connectivity index (χ0) is 66.4. The molecule has 0 saturated carbocycles. The maximum atomic E-state index is 18.2. The fourth-order valence-corrected chi connectivity index (χ4v) is 16.6. The van der Waals surface area contributed by atoms with Crippen molar-refractivity contribution in [2.75, 3.05) is 88.7 Å². The van der Waals surface area contributed by atoms with Crippen molar-refractivity contribution < 1.29 is 50.8 Å². The van der Waals surface area contributed by atoms with Crippen molar-refractivity contribution in [3.05, 3.63) is 117 Å². The van der Waals surface area contributed by atoms with Gasteiger partial charge >= 0.3 is 12.0 Å². The first kappa shape index (κ1) is 62.1. The molecule has 4 aromatic carbocycles. The van der Waals surface area contributed by atoms with Gasteiger partial charge in [0.25, 0.3) is 0 Å². The van der Waals surface area contributed by atoms with Gasteiger partial charge in [-0.2, -0.15) is 25.0 Å². The van der Waals surface area contributed by atoms with Crippen LogP contribution in [0.25, 0.3) is 65.9 Å². The van der Waals surface area contributed by atoms with E-state index in [9.17, 15) is 15.0 Å². The summed E-state index contributed by atoms with van der Waals surface area (Å²) in [5.41, 5.74) is 8.48. The van der Waals surface area contributed by atoms with Crippen molar-refractivity contribution in [2.45, 2.75) is 100.0 Å². The predicted molar refractivity (Wildman–Crippen MR) is 348 cm³/mol. The van der Waals surface area contributed by atoms with Crippen LogP contribution in [-0.4, -0.2) is 178 Å². The SMILES string of the molecule is CN(C)C(=O)C1C=C2CN(c3nc(OC[C@@]45CCCN4C[C@H](F)C5)nc4c(F)c(-c5cc(O)cc6c(C7CC[C@@]8(COc9nc(N%10CCCn%11nc(N)cc%11C%10)c%10cnc(-c%11cc(O)cc%12ccc(F)c(Cl)c%11%12)c(F)c%10n9)C[C@@H](F)CN78)cc(F)c(Cl)c56)ncc34)CCCN2N1. The Morgan fingerprint density at radius 3 is 2.06 bits per heavy atom. The van der Waals surface area contributed by atoms with Crippen molar-refractivity contribution in [3.63, 3.8) is 0 Å². The van der Waals surface area contributed by atoms with E-state index in [1.54, 1.807) is 24.8 Å². The Morgan fingerprint density at radius 2 is 1.35 bits per heavy atom. The molecule has 12 heterocycles. The summed E-state index contributed by atoms with van der Waals surface area (Å²) in [4.78, 5) is 50.9. The number of anilines is 3. The minimum Gasteiger partial charge on any atom is -0.508 e. The Labute approximate surface area is 555 Å². The van der Waals surface area contributed by atoms with Gasteiger partial charge in [-0.1, -0.05) is 29.3 Å². The van der Waals surface area contributed by atoms with Gasteiger partial charge < -0.3 is 45.1 Å². The summed E-state index contributed by atoms with van der Waals surface area (Å²) < 4.78 is 114. The summed E-state index contributed by atoms with van der Waals surface area (Å²) in [5.74, 6) is -3.44. The van der Waals surface area contributed by atoms with E-state index in [2.05, 4.69) is 25.4 Å². The molecule has 7 aliphatic heterocycles. The largest absolute Gasteiger partial charge is 0.508 e. The number of aryl methyl sites for hydroxylation is 1. The van der Waals surface area contributed by atoms with Crippen LogP contribution in [0, 0.1) is 23.3 Å². The summed E-state index contributed by atoms with van der Waals surface area (Å²) >= 11 is 13.5. The lowest BCUT2D eigenvalue weighted by atomic mass is 9.91. The van der Waals surface area contributed by atoms with Crippen LogP contribution in [0.4, 0.5) is 43.8 Å². The molecule has 96 heavy (non-hydrogen) atoms. The summed E-state index contributed by atoms with van der Waals surface area (Å²) in [5, 5.41) is 29.4. The number of carbonyl (C=O) groups is 1. The molecule has 5 fully saturated rings. The van der Waals surface area contributed by atoms with Crippen molar-refractivity contribution in [3.8, 4) is 46.0 Å². The lowest BCUT2D eigenvalue weighted by molar-refractivity contribution is -0.130. The Kier molecular flexibility index (Phi) is 15.2. The first-order valence-electron chi connectivity index (χ1n) is 32.0. The molecular weight excluding hydrogens is 1290 g/mol. The average molecular weight is 1360 g/mol. The van der Waals surface area contributed by atoms with Gasteiger partial charge in [-0.05, 0) is 104 Å². The number of benzene rings is 4. The van der Waals surface area contributed by atoms with Crippen LogP contribution in [0.2, 0.25) is 10.0 Å². The van der Waals surface area contributed by atoms with Crippen LogP contribution in [0.5, 0.6) is 23.5 Å². The van der Waals surface area contributed by atoms with E-state index in [4.69, 9.17) is 58.3 Å². The number of carbonyl (C=O) groups excluding carboxylic acids is 1. The topological polar surface area (TPSA) is 229 Å².